The number of nitrogen functional groups attached to an aromatic ring is 1. The van der Waals surface area contributed by atoms with E-state index in [0.717, 1.165) is 12.2 Å². The molecular formula is C14H18N4O2. The molecule has 4 N–H and O–H groups in total. The molecule has 1 aromatic heterocycles. The van der Waals surface area contributed by atoms with E-state index in [1.807, 2.05) is 6.92 Å². The minimum Gasteiger partial charge on any atom is -0.484 e. The van der Waals surface area contributed by atoms with E-state index in [-0.39, 0.29) is 18.6 Å². The maximum absolute atomic E-state index is 11.9. The Morgan fingerprint density at radius 1 is 1.55 bits per heavy atom. The first kappa shape index (κ1) is 13.9. The van der Waals surface area contributed by atoms with E-state index >= 15 is 0 Å². The van der Waals surface area contributed by atoms with Crippen LogP contribution < -0.4 is 15.8 Å². The molecule has 1 atom stereocenters. The van der Waals surface area contributed by atoms with E-state index in [1.54, 1.807) is 36.7 Å². The summed E-state index contributed by atoms with van der Waals surface area (Å²) in [4.78, 5) is 19.0. The van der Waals surface area contributed by atoms with Crippen molar-refractivity contribution >= 4 is 11.6 Å². The largest absolute Gasteiger partial charge is 0.484 e. The van der Waals surface area contributed by atoms with Crippen LogP contribution in [0.2, 0.25) is 0 Å². The minimum absolute atomic E-state index is 0.0549. The van der Waals surface area contributed by atoms with Crippen LogP contribution >= 0.6 is 0 Å². The highest BCUT2D eigenvalue weighted by atomic mass is 16.5. The van der Waals surface area contributed by atoms with Crippen LogP contribution in [0.1, 0.15) is 25.2 Å². The quantitative estimate of drug-likeness (QED) is 0.698. The fourth-order valence-electron chi connectivity index (χ4n) is 1.82. The van der Waals surface area contributed by atoms with Gasteiger partial charge in [-0.3, -0.25) is 4.79 Å². The fourth-order valence-corrected chi connectivity index (χ4v) is 1.82. The molecule has 0 aliphatic carbocycles. The molecule has 6 heteroatoms. The predicted octanol–water partition coefficient (Wildman–Crippen LogP) is 1.64. The summed E-state index contributed by atoms with van der Waals surface area (Å²) in [5, 5.41) is 2.87. The van der Waals surface area contributed by atoms with Crippen LogP contribution in [0.4, 0.5) is 5.69 Å². The average molecular weight is 274 g/mol. The van der Waals surface area contributed by atoms with Gasteiger partial charge in [-0.25, -0.2) is 4.98 Å². The van der Waals surface area contributed by atoms with Crippen molar-refractivity contribution in [1.29, 1.82) is 0 Å². The van der Waals surface area contributed by atoms with Crippen LogP contribution in [-0.2, 0) is 4.79 Å². The molecular weight excluding hydrogens is 256 g/mol. The smallest absolute Gasteiger partial charge is 0.258 e. The number of anilines is 1. The summed E-state index contributed by atoms with van der Waals surface area (Å²) in [5.74, 6) is 1.12. The molecule has 2 rings (SSSR count). The first-order valence-electron chi connectivity index (χ1n) is 6.46. The summed E-state index contributed by atoms with van der Waals surface area (Å²) in [5.41, 5.74) is 6.24. The third-order valence-electron chi connectivity index (χ3n) is 2.82. The van der Waals surface area contributed by atoms with Crippen LogP contribution in [0.25, 0.3) is 0 Å². The SMILES string of the molecule is CCC(NC(=O)COc1cccc(N)c1)c1ncc[nH]1. The van der Waals surface area contributed by atoms with Crippen molar-refractivity contribution < 1.29 is 9.53 Å². The highest BCUT2D eigenvalue weighted by molar-refractivity contribution is 5.77. The first-order chi connectivity index (χ1) is 9.69. The van der Waals surface area contributed by atoms with Gasteiger partial charge in [0, 0.05) is 24.1 Å². The van der Waals surface area contributed by atoms with E-state index in [4.69, 9.17) is 10.5 Å². The molecule has 0 saturated heterocycles. The number of carbonyl (C=O) groups excluding carboxylic acids is 1. The molecule has 0 aliphatic heterocycles. The Kier molecular flexibility index (Phi) is 4.60. The maximum atomic E-state index is 11.9. The van der Waals surface area contributed by atoms with Crippen LogP contribution in [0, 0.1) is 0 Å². The molecule has 106 valence electrons. The van der Waals surface area contributed by atoms with Crippen molar-refractivity contribution in [2.75, 3.05) is 12.3 Å². The lowest BCUT2D eigenvalue weighted by atomic mass is 10.2. The molecule has 0 radical (unpaired) electrons. The Hall–Kier alpha value is -2.50. The number of imidazole rings is 1. The van der Waals surface area contributed by atoms with Crippen molar-refractivity contribution in [1.82, 2.24) is 15.3 Å². The number of amides is 1. The van der Waals surface area contributed by atoms with Crippen LogP contribution in [0.5, 0.6) is 5.75 Å². The zero-order valence-corrected chi connectivity index (χ0v) is 11.3. The van der Waals surface area contributed by atoms with Crippen LogP contribution in [0.3, 0.4) is 0 Å². The Morgan fingerprint density at radius 2 is 2.40 bits per heavy atom. The second-order valence-corrected chi connectivity index (χ2v) is 4.36. The fraction of sp³-hybridized carbons (Fsp3) is 0.286. The molecule has 6 nitrogen and oxygen atoms in total. The Balaban J connectivity index is 1.86. The topological polar surface area (TPSA) is 93.0 Å². The van der Waals surface area contributed by atoms with Gasteiger partial charge in [0.25, 0.3) is 5.91 Å². The molecule has 0 spiro atoms. The van der Waals surface area contributed by atoms with Crippen molar-refractivity contribution in [3.05, 3.63) is 42.5 Å². The Morgan fingerprint density at radius 3 is 3.05 bits per heavy atom. The highest BCUT2D eigenvalue weighted by Crippen LogP contribution is 2.15. The van der Waals surface area contributed by atoms with Crippen LogP contribution in [0.15, 0.2) is 36.7 Å². The molecule has 2 aromatic rings. The number of rotatable bonds is 6. The minimum atomic E-state index is -0.198. The number of nitrogens with two attached hydrogens (primary N) is 1. The Bertz CT molecular complexity index is 554. The summed E-state index contributed by atoms with van der Waals surface area (Å²) in [6, 6.07) is 6.84. The van der Waals surface area contributed by atoms with Gasteiger partial charge in [-0.1, -0.05) is 13.0 Å². The number of benzene rings is 1. The van der Waals surface area contributed by atoms with E-state index in [2.05, 4.69) is 15.3 Å². The number of H-pyrrole nitrogens is 1. The molecule has 1 heterocycles. The van der Waals surface area contributed by atoms with Gasteiger partial charge >= 0.3 is 0 Å². The third-order valence-corrected chi connectivity index (χ3v) is 2.82. The van der Waals surface area contributed by atoms with Crippen molar-refractivity contribution in [2.45, 2.75) is 19.4 Å². The number of carbonyl (C=O) groups is 1. The second-order valence-electron chi connectivity index (χ2n) is 4.36. The maximum Gasteiger partial charge on any atom is 0.258 e. The summed E-state index contributed by atoms with van der Waals surface area (Å²) < 4.78 is 5.39. The molecule has 0 fully saturated rings. The molecule has 1 aromatic carbocycles. The van der Waals surface area contributed by atoms with Crippen LogP contribution in [-0.4, -0.2) is 22.5 Å². The zero-order valence-electron chi connectivity index (χ0n) is 11.3. The van der Waals surface area contributed by atoms with Gasteiger partial charge < -0.3 is 20.8 Å². The number of nitrogens with one attached hydrogen (secondary N) is 2. The molecule has 1 amide bonds. The number of aromatic nitrogens is 2. The highest BCUT2D eigenvalue weighted by Gasteiger charge is 2.14. The normalized spacial score (nSPS) is 11.8. The van der Waals surface area contributed by atoms with E-state index in [1.165, 1.54) is 0 Å². The van der Waals surface area contributed by atoms with Crippen molar-refractivity contribution in [3.8, 4) is 5.75 Å². The van der Waals surface area contributed by atoms with Gasteiger partial charge in [-0.2, -0.15) is 0 Å². The Labute approximate surface area is 117 Å². The van der Waals surface area contributed by atoms with Crippen molar-refractivity contribution in [2.24, 2.45) is 0 Å². The van der Waals surface area contributed by atoms with Gasteiger partial charge in [0.05, 0.1) is 6.04 Å². The number of hydrogen-bond acceptors (Lipinski definition) is 4. The number of hydrogen-bond donors (Lipinski definition) is 3. The number of nitrogens with zero attached hydrogens (tertiary/aromatic N) is 1. The van der Waals surface area contributed by atoms with Gasteiger partial charge in [0.2, 0.25) is 0 Å². The number of ether oxygens (including phenoxy) is 1. The predicted molar refractivity (Wildman–Crippen MR) is 76.1 cm³/mol. The molecule has 0 bridgehead atoms. The first-order valence-corrected chi connectivity index (χ1v) is 6.46. The lowest BCUT2D eigenvalue weighted by Crippen LogP contribution is -2.32. The summed E-state index contributed by atoms with van der Waals surface area (Å²) in [7, 11) is 0. The van der Waals surface area contributed by atoms with Gasteiger partial charge in [-0.15, -0.1) is 0 Å². The van der Waals surface area contributed by atoms with Crippen molar-refractivity contribution in [3.63, 3.8) is 0 Å². The summed E-state index contributed by atoms with van der Waals surface area (Å²) >= 11 is 0. The van der Waals surface area contributed by atoms with Gasteiger partial charge in [0.15, 0.2) is 6.61 Å². The summed E-state index contributed by atoms with van der Waals surface area (Å²) in [6.45, 7) is 1.92. The lowest BCUT2D eigenvalue weighted by Gasteiger charge is -2.15. The molecule has 20 heavy (non-hydrogen) atoms. The lowest BCUT2D eigenvalue weighted by molar-refractivity contribution is -0.123. The van der Waals surface area contributed by atoms with E-state index in [9.17, 15) is 4.79 Å². The third kappa shape index (κ3) is 3.74. The molecule has 0 saturated carbocycles. The number of aromatic amines is 1. The molecule has 0 aliphatic rings. The summed E-state index contributed by atoms with van der Waals surface area (Å²) in [6.07, 6.45) is 4.14. The van der Waals surface area contributed by atoms with Gasteiger partial charge in [0.1, 0.15) is 11.6 Å². The van der Waals surface area contributed by atoms with E-state index < -0.39 is 0 Å². The monoisotopic (exact) mass is 274 g/mol. The standard InChI is InChI=1S/C14H18N4O2/c1-2-12(14-16-6-7-17-14)18-13(19)9-20-11-5-3-4-10(15)8-11/h3-8,12H,2,9,15H2,1H3,(H,16,17)(H,18,19). The van der Waals surface area contributed by atoms with Gasteiger partial charge in [-0.05, 0) is 18.6 Å². The van der Waals surface area contributed by atoms with E-state index in [0.29, 0.717) is 11.4 Å². The second kappa shape index (κ2) is 6.60. The zero-order chi connectivity index (χ0) is 14.4. The average Bonchev–Trinajstić information content (AvgIpc) is 2.96. The molecule has 1 unspecified atom stereocenters.